The molecule has 2 aliphatic heterocycles. The maximum atomic E-state index is 12.9. The van der Waals surface area contributed by atoms with Crippen LogP contribution in [0.15, 0.2) is 30.3 Å². The number of fused-ring (bicyclic) bond motifs is 2. The second kappa shape index (κ2) is 5.99. The number of aryl methyl sites for hydroxylation is 2. The van der Waals surface area contributed by atoms with Crippen molar-refractivity contribution < 1.29 is 19.4 Å². The lowest BCUT2D eigenvalue weighted by Gasteiger charge is -2.34. The smallest absolute Gasteiger partial charge is 0.267 e. The number of hydrogen-bond acceptors (Lipinski definition) is 4. The number of phenols is 1. The van der Waals surface area contributed by atoms with E-state index < -0.39 is 6.10 Å². The predicted molar refractivity (Wildman–Crippen MR) is 93.1 cm³/mol. The van der Waals surface area contributed by atoms with Crippen molar-refractivity contribution in [1.82, 2.24) is 4.90 Å². The summed E-state index contributed by atoms with van der Waals surface area (Å²) in [5, 5.41) is 9.59. The summed E-state index contributed by atoms with van der Waals surface area (Å²) in [6.07, 6.45) is 0.180. The zero-order valence-electron chi connectivity index (χ0n) is 14.4. The van der Waals surface area contributed by atoms with Crippen molar-refractivity contribution in [3.05, 3.63) is 52.6 Å². The Balaban J connectivity index is 1.52. The van der Waals surface area contributed by atoms with Gasteiger partial charge in [-0.15, -0.1) is 0 Å². The van der Waals surface area contributed by atoms with Crippen LogP contribution >= 0.6 is 0 Å². The highest BCUT2D eigenvalue weighted by Crippen LogP contribution is 2.35. The van der Waals surface area contributed by atoms with E-state index >= 15 is 0 Å². The lowest BCUT2D eigenvalue weighted by Crippen LogP contribution is -2.48. The van der Waals surface area contributed by atoms with Crippen LogP contribution in [0.1, 0.15) is 22.3 Å². The van der Waals surface area contributed by atoms with Crippen LogP contribution in [0.2, 0.25) is 0 Å². The van der Waals surface area contributed by atoms with Gasteiger partial charge in [0.1, 0.15) is 12.4 Å². The fourth-order valence-corrected chi connectivity index (χ4v) is 3.69. The summed E-state index contributed by atoms with van der Waals surface area (Å²) < 4.78 is 11.4. The topological polar surface area (TPSA) is 59.0 Å². The van der Waals surface area contributed by atoms with E-state index in [-0.39, 0.29) is 18.3 Å². The molecule has 0 aromatic heterocycles. The molecule has 0 saturated heterocycles. The summed E-state index contributed by atoms with van der Waals surface area (Å²) in [7, 11) is 0. The van der Waals surface area contributed by atoms with Gasteiger partial charge in [-0.05, 0) is 49.1 Å². The molecule has 2 heterocycles. The van der Waals surface area contributed by atoms with E-state index in [1.54, 1.807) is 6.07 Å². The first kappa shape index (κ1) is 15.8. The van der Waals surface area contributed by atoms with E-state index in [9.17, 15) is 9.90 Å². The molecule has 1 amide bonds. The molecule has 0 fully saturated rings. The molecule has 0 radical (unpaired) electrons. The van der Waals surface area contributed by atoms with E-state index in [0.29, 0.717) is 24.6 Å². The average molecular weight is 339 g/mol. The van der Waals surface area contributed by atoms with Crippen LogP contribution in [-0.2, 0) is 17.8 Å². The molecule has 1 unspecified atom stereocenters. The number of rotatable bonds is 1. The Morgan fingerprint density at radius 1 is 1.20 bits per heavy atom. The Morgan fingerprint density at radius 2 is 2.04 bits per heavy atom. The van der Waals surface area contributed by atoms with Gasteiger partial charge in [0.15, 0.2) is 11.5 Å². The summed E-state index contributed by atoms with van der Waals surface area (Å²) >= 11 is 0. The molecule has 0 aliphatic carbocycles. The van der Waals surface area contributed by atoms with Crippen LogP contribution in [0.5, 0.6) is 17.2 Å². The van der Waals surface area contributed by atoms with Gasteiger partial charge in [0.2, 0.25) is 6.10 Å². The third-order valence-corrected chi connectivity index (χ3v) is 4.88. The molecule has 0 bridgehead atoms. The van der Waals surface area contributed by atoms with Crippen LogP contribution in [0, 0.1) is 13.8 Å². The Labute approximate surface area is 146 Å². The van der Waals surface area contributed by atoms with Gasteiger partial charge < -0.3 is 19.5 Å². The zero-order valence-corrected chi connectivity index (χ0v) is 14.4. The minimum absolute atomic E-state index is 0.0706. The van der Waals surface area contributed by atoms with Crippen LogP contribution < -0.4 is 9.47 Å². The Kier molecular flexibility index (Phi) is 3.79. The van der Waals surface area contributed by atoms with Crippen molar-refractivity contribution in [2.45, 2.75) is 32.9 Å². The summed E-state index contributed by atoms with van der Waals surface area (Å²) in [4.78, 5) is 14.7. The maximum absolute atomic E-state index is 12.9. The fraction of sp³-hybridized carbons (Fsp3) is 0.350. The van der Waals surface area contributed by atoms with Crippen molar-refractivity contribution in [2.75, 3.05) is 13.2 Å². The van der Waals surface area contributed by atoms with Crippen LogP contribution in [-0.4, -0.2) is 35.2 Å². The molecule has 5 heteroatoms. The largest absolute Gasteiger partial charge is 0.508 e. The highest BCUT2D eigenvalue weighted by Gasteiger charge is 2.33. The first-order valence-electron chi connectivity index (χ1n) is 8.51. The highest BCUT2D eigenvalue weighted by atomic mass is 16.6. The second-order valence-corrected chi connectivity index (χ2v) is 6.78. The molecule has 1 N–H and O–H groups in total. The number of phenolic OH excluding ortho intramolecular Hbond substituents is 1. The van der Waals surface area contributed by atoms with Gasteiger partial charge in [0.05, 0.1) is 0 Å². The number of carbonyl (C=O) groups is 1. The predicted octanol–water partition coefficient (Wildman–Crippen LogP) is 2.73. The Bertz CT molecular complexity index is 846. The van der Waals surface area contributed by atoms with Gasteiger partial charge >= 0.3 is 0 Å². The van der Waals surface area contributed by atoms with Crippen molar-refractivity contribution in [3.63, 3.8) is 0 Å². The third kappa shape index (κ3) is 2.90. The molecular weight excluding hydrogens is 318 g/mol. The van der Waals surface area contributed by atoms with E-state index in [4.69, 9.17) is 9.47 Å². The monoisotopic (exact) mass is 339 g/mol. The quantitative estimate of drug-likeness (QED) is 0.868. The normalized spacial score (nSPS) is 18.6. The summed E-state index contributed by atoms with van der Waals surface area (Å²) in [5.74, 6) is 0.984. The molecule has 4 rings (SSSR count). The Morgan fingerprint density at radius 3 is 2.88 bits per heavy atom. The second-order valence-electron chi connectivity index (χ2n) is 6.78. The first-order valence-corrected chi connectivity index (χ1v) is 8.51. The lowest BCUT2D eigenvalue weighted by molar-refractivity contribution is -0.142. The molecule has 1 atom stereocenters. The number of ether oxygens (including phenoxy) is 2. The van der Waals surface area contributed by atoms with E-state index in [2.05, 4.69) is 26.0 Å². The number of carbonyl (C=O) groups excluding carboxylic acids is 1. The van der Waals surface area contributed by atoms with E-state index in [0.717, 1.165) is 6.42 Å². The number of aromatic hydroxyl groups is 1. The van der Waals surface area contributed by atoms with Crippen LogP contribution in [0.3, 0.4) is 0 Å². The van der Waals surface area contributed by atoms with E-state index in [1.807, 2.05) is 4.90 Å². The van der Waals surface area contributed by atoms with Crippen molar-refractivity contribution in [1.29, 1.82) is 0 Å². The van der Waals surface area contributed by atoms with Gasteiger partial charge in [-0.25, -0.2) is 0 Å². The van der Waals surface area contributed by atoms with Crippen molar-refractivity contribution in [3.8, 4) is 17.2 Å². The Hall–Kier alpha value is -2.69. The zero-order chi connectivity index (χ0) is 17.6. The van der Waals surface area contributed by atoms with Gasteiger partial charge in [0.25, 0.3) is 5.91 Å². The minimum Gasteiger partial charge on any atom is -0.508 e. The maximum Gasteiger partial charge on any atom is 0.267 e. The molecular formula is C20H21NO4. The summed E-state index contributed by atoms with van der Waals surface area (Å²) in [6, 6.07) is 9.02. The van der Waals surface area contributed by atoms with Gasteiger partial charge in [-0.3, -0.25) is 4.79 Å². The van der Waals surface area contributed by atoms with Crippen molar-refractivity contribution in [2.24, 2.45) is 0 Å². The molecule has 2 aromatic carbocycles. The molecule has 2 aromatic rings. The molecule has 0 spiro atoms. The average Bonchev–Trinajstić information content (AvgIpc) is 2.59. The minimum atomic E-state index is -0.679. The number of hydrogen-bond donors (Lipinski definition) is 1. The summed E-state index contributed by atoms with van der Waals surface area (Å²) in [6.45, 7) is 5.68. The molecule has 5 nitrogen and oxygen atoms in total. The van der Waals surface area contributed by atoms with Gasteiger partial charge in [-0.2, -0.15) is 0 Å². The highest BCUT2D eigenvalue weighted by molar-refractivity contribution is 5.82. The molecule has 0 saturated carbocycles. The lowest BCUT2D eigenvalue weighted by atomic mass is 9.93. The van der Waals surface area contributed by atoms with Crippen LogP contribution in [0.25, 0.3) is 0 Å². The standard InChI is InChI=1S/C20H21NO4/c1-12-7-13(2)16-5-6-21(10-14(16)8-12)20(23)19-11-24-17-4-3-15(22)9-18(17)25-19/h3-4,7-9,19,22H,5-6,10-11H2,1-2H3. The number of benzene rings is 2. The number of amides is 1. The fourth-order valence-electron chi connectivity index (χ4n) is 3.69. The van der Waals surface area contributed by atoms with E-state index in [1.165, 1.54) is 34.4 Å². The van der Waals surface area contributed by atoms with Gasteiger partial charge in [-0.1, -0.05) is 17.7 Å². The van der Waals surface area contributed by atoms with Crippen LogP contribution in [0.4, 0.5) is 0 Å². The molecule has 2 aliphatic rings. The SMILES string of the molecule is Cc1cc(C)c2c(c1)CN(C(=O)C1COc3ccc(O)cc3O1)CC2. The van der Waals surface area contributed by atoms with Gasteiger partial charge in [0, 0.05) is 19.2 Å². The first-order chi connectivity index (χ1) is 12.0. The van der Waals surface area contributed by atoms with Crippen molar-refractivity contribution >= 4 is 5.91 Å². The molecule has 25 heavy (non-hydrogen) atoms. The number of nitrogens with zero attached hydrogens (tertiary/aromatic N) is 1. The molecule has 130 valence electrons. The summed E-state index contributed by atoms with van der Waals surface area (Å²) in [5.41, 5.74) is 5.08. The third-order valence-electron chi connectivity index (χ3n) is 4.88.